The summed E-state index contributed by atoms with van der Waals surface area (Å²) >= 11 is 0. The maximum absolute atomic E-state index is 12.9. The second-order valence-electron chi connectivity index (χ2n) is 6.31. The van der Waals surface area contributed by atoms with E-state index in [4.69, 9.17) is 0 Å². The third-order valence-corrected chi connectivity index (χ3v) is 5.02. The highest BCUT2D eigenvalue weighted by atomic mass is 16.2. The Bertz CT molecular complexity index is 303. The minimum absolute atomic E-state index is 0.0781. The smallest absolute Gasteiger partial charge is 0.228 e. The van der Waals surface area contributed by atoms with Crippen LogP contribution in [-0.4, -0.2) is 61.0 Å². The van der Waals surface area contributed by atoms with Crippen LogP contribution in [0, 0.1) is 5.41 Å². The van der Waals surface area contributed by atoms with Crippen molar-refractivity contribution in [1.82, 2.24) is 15.1 Å². The van der Waals surface area contributed by atoms with Crippen LogP contribution in [0.4, 0.5) is 0 Å². The second kappa shape index (κ2) is 6.23. The van der Waals surface area contributed by atoms with Crippen LogP contribution in [0.3, 0.4) is 0 Å². The first kappa shape index (κ1) is 14.8. The van der Waals surface area contributed by atoms with Gasteiger partial charge >= 0.3 is 0 Å². The van der Waals surface area contributed by atoms with E-state index in [0.717, 1.165) is 58.5 Å². The lowest BCUT2D eigenvalue weighted by molar-refractivity contribution is -0.146. The van der Waals surface area contributed by atoms with Gasteiger partial charge in [0.25, 0.3) is 0 Å². The molecular weight excluding hydrogens is 238 g/mol. The highest BCUT2D eigenvalue weighted by Crippen LogP contribution is 2.35. The summed E-state index contributed by atoms with van der Waals surface area (Å²) in [4.78, 5) is 17.4. The van der Waals surface area contributed by atoms with Crippen LogP contribution in [0.15, 0.2) is 0 Å². The van der Waals surface area contributed by atoms with Crippen LogP contribution >= 0.6 is 0 Å². The Morgan fingerprint density at radius 1 is 1.16 bits per heavy atom. The fraction of sp³-hybridized carbons (Fsp3) is 0.933. The second-order valence-corrected chi connectivity index (χ2v) is 6.31. The first-order valence-electron chi connectivity index (χ1n) is 7.83. The molecule has 1 N–H and O–H groups in total. The summed E-state index contributed by atoms with van der Waals surface area (Å²) in [6.45, 7) is 12.5. The Hall–Kier alpha value is -0.610. The van der Waals surface area contributed by atoms with Crippen molar-refractivity contribution in [3.8, 4) is 0 Å². The third-order valence-electron chi connectivity index (χ3n) is 5.02. The Kier molecular flexibility index (Phi) is 4.85. The van der Waals surface area contributed by atoms with Gasteiger partial charge in [-0.25, -0.2) is 0 Å². The van der Waals surface area contributed by atoms with Crippen LogP contribution in [0.2, 0.25) is 0 Å². The van der Waals surface area contributed by atoms with E-state index in [9.17, 15) is 4.79 Å². The highest BCUT2D eigenvalue weighted by Gasteiger charge is 2.41. The molecule has 2 saturated heterocycles. The van der Waals surface area contributed by atoms with E-state index in [1.54, 1.807) is 0 Å². The van der Waals surface area contributed by atoms with E-state index in [0.29, 0.717) is 11.9 Å². The lowest BCUT2D eigenvalue weighted by atomic mass is 9.75. The standard InChI is InChI=1S/C15H29N3O/c1-4-15(5-7-16-8-6-15)14(19)18-11-9-17(10-12-18)13(2)3/h13,16H,4-12H2,1-3H3. The van der Waals surface area contributed by atoms with E-state index in [2.05, 4.69) is 35.9 Å². The van der Waals surface area contributed by atoms with Gasteiger partial charge in [0.15, 0.2) is 0 Å². The molecule has 2 aliphatic heterocycles. The van der Waals surface area contributed by atoms with E-state index >= 15 is 0 Å². The quantitative estimate of drug-likeness (QED) is 0.838. The molecule has 19 heavy (non-hydrogen) atoms. The molecule has 0 atom stereocenters. The largest absolute Gasteiger partial charge is 0.340 e. The summed E-state index contributed by atoms with van der Waals surface area (Å²) < 4.78 is 0. The van der Waals surface area contributed by atoms with Gasteiger partial charge in [-0.15, -0.1) is 0 Å². The van der Waals surface area contributed by atoms with Gasteiger partial charge in [0.1, 0.15) is 0 Å². The number of hydrogen-bond acceptors (Lipinski definition) is 3. The van der Waals surface area contributed by atoms with Gasteiger partial charge < -0.3 is 10.2 Å². The van der Waals surface area contributed by atoms with Crippen molar-refractivity contribution in [1.29, 1.82) is 0 Å². The first-order chi connectivity index (χ1) is 9.09. The Morgan fingerprint density at radius 2 is 1.74 bits per heavy atom. The predicted molar refractivity (Wildman–Crippen MR) is 78.1 cm³/mol. The summed E-state index contributed by atoms with van der Waals surface area (Å²) in [6, 6.07) is 0.594. The molecule has 4 heteroatoms. The average molecular weight is 267 g/mol. The van der Waals surface area contributed by atoms with Crippen molar-refractivity contribution in [3.05, 3.63) is 0 Å². The molecule has 2 fully saturated rings. The molecule has 0 aliphatic carbocycles. The topological polar surface area (TPSA) is 35.6 Å². The monoisotopic (exact) mass is 267 g/mol. The number of nitrogens with one attached hydrogen (secondary N) is 1. The predicted octanol–water partition coefficient (Wildman–Crippen LogP) is 1.32. The van der Waals surface area contributed by atoms with Crippen LogP contribution in [0.25, 0.3) is 0 Å². The zero-order chi connectivity index (χ0) is 13.9. The van der Waals surface area contributed by atoms with Gasteiger partial charge in [0, 0.05) is 32.2 Å². The molecule has 0 radical (unpaired) electrons. The number of carbonyl (C=O) groups excluding carboxylic acids is 1. The van der Waals surface area contributed by atoms with Crippen LogP contribution in [0.1, 0.15) is 40.0 Å². The van der Waals surface area contributed by atoms with Crippen molar-refractivity contribution in [2.45, 2.75) is 46.1 Å². The van der Waals surface area contributed by atoms with Crippen molar-refractivity contribution in [2.24, 2.45) is 5.41 Å². The maximum Gasteiger partial charge on any atom is 0.228 e. The van der Waals surface area contributed by atoms with Gasteiger partial charge in [0.05, 0.1) is 5.41 Å². The number of nitrogens with zero attached hydrogens (tertiary/aromatic N) is 2. The van der Waals surface area contributed by atoms with Gasteiger partial charge in [-0.1, -0.05) is 6.92 Å². The van der Waals surface area contributed by atoms with Gasteiger partial charge in [0.2, 0.25) is 5.91 Å². The molecule has 4 nitrogen and oxygen atoms in total. The number of rotatable bonds is 3. The molecule has 2 rings (SSSR count). The summed E-state index contributed by atoms with van der Waals surface area (Å²) in [6.07, 6.45) is 3.00. The maximum atomic E-state index is 12.9. The van der Waals surface area contributed by atoms with Gasteiger partial charge in [-0.2, -0.15) is 0 Å². The van der Waals surface area contributed by atoms with Crippen molar-refractivity contribution in [2.75, 3.05) is 39.3 Å². The lowest BCUT2D eigenvalue weighted by Crippen LogP contribution is -2.56. The lowest BCUT2D eigenvalue weighted by Gasteiger charge is -2.43. The molecule has 0 unspecified atom stereocenters. The molecule has 0 aromatic carbocycles. The van der Waals surface area contributed by atoms with Crippen LogP contribution < -0.4 is 5.32 Å². The third kappa shape index (κ3) is 3.11. The minimum atomic E-state index is -0.0781. The van der Waals surface area contributed by atoms with E-state index in [-0.39, 0.29) is 5.41 Å². The first-order valence-corrected chi connectivity index (χ1v) is 7.83. The number of piperazine rings is 1. The summed E-state index contributed by atoms with van der Waals surface area (Å²) in [7, 11) is 0. The van der Waals surface area contributed by atoms with Gasteiger partial charge in [-0.3, -0.25) is 9.69 Å². The molecule has 0 spiro atoms. The average Bonchev–Trinajstić information content (AvgIpc) is 2.47. The number of amides is 1. The summed E-state index contributed by atoms with van der Waals surface area (Å²) in [5.41, 5.74) is -0.0781. The molecule has 0 aromatic rings. The van der Waals surface area contributed by atoms with E-state index in [1.165, 1.54) is 0 Å². The number of hydrogen-bond donors (Lipinski definition) is 1. The highest BCUT2D eigenvalue weighted by molar-refractivity contribution is 5.83. The number of piperidine rings is 1. The van der Waals surface area contributed by atoms with E-state index in [1.807, 2.05) is 0 Å². The fourth-order valence-electron chi connectivity index (χ4n) is 3.40. The minimum Gasteiger partial charge on any atom is -0.340 e. The zero-order valence-corrected chi connectivity index (χ0v) is 12.7. The summed E-state index contributed by atoms with van der Waals surface area (Å²) in [5, 5.41) is 3.37. The Morgan fingerprint density at radius 3 is 2.21 bits per heavy atom. The van der Waals surface area contributed by atoms with Gasteiger partial charge in [-0.05, 0) is 46.2 Å². The van der Waals surface area contributed by atoms with E-state index < -0.39 is 0 Å². The van der Waals surface area contributed by atoms with Crippen molar-refractivity contribution >= 4 is 5.91 Å². The van der Waals surface area contributed by atoms with Crippen LogP contribution in [-0.2, 0) is 4.79 Å². The molecule has 0 aromatic heterocycles. The summed E-state index contributed by atoms with van der Waals surface area (Å²) in [5.74, 6) is 0.417. The Labute approximate surface area is 117 Å². The number of carbonyl (C=O) groups is 1. The molecular formula is C15H29N3O. The zero-order valence-electron chi connectivity index (χ0n) is 12.7. The Balaban J connectivity index is 1.96. The molecule has 2 aliphatic rings. The van der Waals surface area contributed by atoms with Crippen LogP contribution in [0.5, 0.6) is 0 Å². The van der Waals surface area contributed by atoms with Crippen molar-refractivity contribution in [3.63, 3.8) is 0 Å². The molecule has 0 bridgehead atoms. The molecule has 0 saturated carbocycles. The molecule has 2 heterocycles. The SMILES string of the molecule is CCC1(C(=O)N2CCN(C(C)C)CC2)CCNCC1. The fourth-order valence-corrected chi connectivity index (χ4v) is 3.40. The van der Waals surface area contributed by atoms with Crippen molar-refractivity contribution < 1.29 is 4.79 Å². The normalized spacial score (nSPS) is 24.7. The molecule has 110 valence electrons. The molecule has 1 amide bonds.